The summed E-state index contributed by atoms with van der Waals surface area (Å²) in [5.74, 6) is -0.349. The van der Waals surface area contributed by atoms with Gasteiger partial charge in [0, 0.05) is 0 Å². The molecule has 0 radical (unpaired) electrons. The van der Waals surface area contributed by atoms with Crippen LogP contribution in [0.1, 0.15) is 50.7 Å². The van der Waals surface area contributed by atoms with Crippen LogP contribution in [0.25, 0.3) is 0 Å². The molecular formula is C17H22O2. The van der Waals surface area contributed by atoms with Crippen LogP contribution in [0, 0.1) is 11.3 Å². The fourth-order valence-electron chi connectivity index (χ4n) is 4.64. The average molecular weight is 258 g/mol. The van der Waals surface area contributed by atoms with E-state index in [9.17, 15) is 9.90 Å². The highest BCUT2D eigenvalue weighted by atomic mass is 16.4. The smallest absolute Gasteiger partial charge is 0.314 e. The van der Waals surface area contributed by atoms with Crippen LogP contribution in [0.5, 0.6) is 0 Å². The van der Waals surface area contributed by atoms with Gasteiger partial charge in [-0.3, -0.25) is 4.79 Å². The van der Waals surface area contributed by atoms with Gasteiger partial charge in [0.15, 0.2) is 0 Å². The summed E-state index contributed by atoms with van der Waals surface area (Å²) in [6.45, 7) is 4.50. The molecule has 2 aliphatic carbocycles. The van der Waals surface area contributed by atoms with Gasteiger partial charge < -0.3 is 5.11 Å². The molecule has 2 heteroatoms. The second kappa shape index (κ2) is 4.09. The van der Waals surface area contributed by atoms with Gasteiger partial charge in [-0.15, -0.1) is 0 Å². The van der Waals surface area contributed by atoms with Crippen LogP contribution in [0.3, 0.4) is 0 Å². The number of hydrogen-bond acceptors (Lipinski definition) is 1. The fourth-order valence-corrected chi connectivity index (χ4v) is 4.64. The van der Waals surface area contributed by atoms with E-state index in [1.165, 1.54) is 5.56 Å². The molecule has 0 saturated heterocycles. The van der Waals surface area contributed by atoms with Crippen LogP contribution in [0.15, 0.2) is 24.3 Å². The fraction of sp³-hybridized carbons (Fsp3) is 0.588. The molecule has 2 unspecified atom stereocenters. The van der Waals surface area contributed by atoms with Gasteiger partial charge in [0.2, 0.25) is 0 Å². The molecule has 1 fully saturated rings. The van der Waals surface area contributed by atoms with Gasteiger partial charge >= 0.3 is 5.97 Å². The van der Waals surface area contributed by atoms with E-state index in [4.69, 9.17) is 0 Å². The Morgan fingerprint density at radius 3 is 2.74 bits per heavy atom. The molecule has 2 aliphatic rings. The van der Waals surface area contributed by atoms with Crippen molar-refractivity contribution in [3.63, 3.8) is 0 Å². The van der Waals surface area contributed by atoms with Gasteiger partial charge in [-0.05, 0) is 48.1 Å². The average Bonchev–Trinajstić information content (AvgIpc) is 2.37. The number of aryl methyl sites for hydroxylation is 1. The Hall–Kier alpha value is -1.31. The van der Waals surface area contributed by atoms with Crippen LogP contribution < -0.4 is 0 Å². The molecule has 0 aromatic heterocycles. The van der Waals surface area contributed by atoms with E-state index < -0.39 is 11.4 Å². The molecule has 102 valence electrons. The van der Waals surface area contributed by atoms with Crippen LogP contribution in [0.2, 0.25) is 0 Å². The van der Waals surface area contributed by atoms with Gasteiger partial charge in [-0.2, -0.15) is 0 Å². The Kier molecular flexibility index (Phi) is 2.74. The Morgan fingerprint density at radius 1 is 1.26 bits per heavy atom. The van der Waals surface area contributed by atoms with Crippen LogP contribution >= 0.6 is 0 Å². The van der Waals surface area contributed by atoms with Gasteiger partial charge in [0.05, 0.1) is 5.41 Å². The van der Waals surface area contributed by atoms with Crippen LogP contribution in [-0.2, 0) is 16.6 Å². The molecule has 0 spiro atoms. The molecule has 0 bridgehead atoms. The van der Waals surface area contributed by atoms with Gasteiger partial charge in [-0.1, -0.05) is 44.5 Å². The highest BCUT2D eigenvalue weighted by Crippen LogP contribution is 2.57. The summed E-state index contributed by atoms with van der Waals surface area (Å²) in [6, 6.07) is 8.19. The second-order valence-corrected chi connectivity index (χ2v) is 6.87. The minimum absolute atomic E-state index is 0.129. The van der Waals surface area contributed by atoms with Crippen molar-refractivity contribution < 1.29 is 9.90 Å². The summed E-state index contributed by atoms with van der Waals surface area (Å²) in [7, 11) is 0. The van der Waals surface area contributed by atoms with Crippen LogP contribution in [0.4, 0.5) is 0 Å². The molecule has 0 aliphatic heterocycles. The first kappa shape index (κ1) is 12.7. The summed E-state index contributed by atoms with van der Waals surface area (Å²) >= 11 is 0. The lowest BCUT2D eigenvalue weighted by Gasteiger charge is -2.53. The number of aliphatic carboxylic acids is 1. The molecule has 1 aromatic carbocycles. The lowest BCUT2D eigenvalue weighted by atomic mass is 9.49. The van der Waals surface area contributed by atoms with E-state index in [2.05, 4.69) is 26.0 Å². The Labute approximate surface area is 114 Å². The SMILES string of the molecule is CC1(C)CCCC2(C(=O)O)c3ccccc3CCC12. The Balaban J connectivity index is 2.22. The quantitative estimate of drug-likeness (QED) is 0.832. The maximum atomic E-state index is 12.2. The zero-order valence-corrected chi connectivity index (χ0v) is 11.8. The Morgan fingerprint density at radius 2 is 2.00 bits per heavy atom. The number of carboxylic acids is 1. The largest absolute Gasteiger partial charge is 0.481 e. The van der Waals surface area contributed by atoms with E-state index in [0.717, 1.165) is 37.7 Å². The molecule has 1 N–H and O–H groups in total. The molecule has 3 rings (SSSR count). The van der Waals surface area contributed by atoms with E-state index in [1.807, 2.05) is 12.1 Å². The highest BCUT2D eigenvalue weighted by molar-refractivity contribution is 5.83. The number of rotatable bonds is 1. The van der Waals surface area contributed by atoms with Crippen molar-refractivity contribution in [2.24, 2.45) is 11.3 Å². The van der Waals surface area contributed by atoms with E-state index >= 15 is 0 Å². The Bertz CT molecular complexity index is 518. The zero-order valence-electron chi connectivity index (χ0n) is 11.8. The molecule has 2 nitrogen and oxygen atoms in total. The third-order valence-electron chi connectivity index (χ3n) is 5.51. The first-order chi connectivity index (χ1) is 8.98. The minimum Gasteiger partial charge on any atom is -0.481 e. The lowest BCUT2D eigenvalue weighted by molar-refractivity contribution is -0.152. The number of benzene rings is 1. The topological polar surface area (TPSA) is 37.3 Å². The van der Waals surface area contributed by atoms with E-state index in [-0.39, 0.29) is 11.3 Å². The number of fused-ring (bicyclic) bond motifs is 3. The number of hydrogen-bond donors (Lipinski definition) is 1. The lowest BCUT2D eigenvalue weighted by Crippen LogP contribution is -2.54. The first-order valence-corrected chi connectivity index (χ1v) is 7.30. The van der Waals surface area contributed by atoms with Crippen molar-refractivity contribution in [1.82, 2.24) is 0 Å². The molecule has 0 heterocycles. The van der Waals surface area contributed by atoms with Crippen molar-refractivity contribution in [2.45, 2.75) is 51.4 Å². The standard InChI is InChI=1S/C17H22O2/c1-16(2)10-5-11-17(15(18)19)13-7-4-3-6-12(13)8-9-14(16)17/h3-4,6-7,14H,5,8-11H2,1-2H3,(H,18,19). The van der Waals surface area contributed by atoms with Gasteiger partial charge in [-0.25, -0.2) is 0 Å². The summed E-state index contributed by atoms with van der Waals surface area (Å²) in [4.78, 5) is 12.2. The van der Waals surface area contributed by atoms with E-state index in [0.29, 0.717) is 0 Å². The predicted molar refractivity (Wildman–Crippen MR) is 75.2 cm³/mol. The van der Waals surface area contributed by atoms with Gasteiger partial charge in [0.1, 0.15) is 0 Å². The molecule has 0 amide bonds. The molecule has 1 aromatic rings. The highest BCUT2D eigenvalue weighted by Gasteiger charge is 2.56. The third-order valence-corrected chi connectivity index (χ3v) is 5.51. The third kappa shape index (κ3) is 1.65. The molecular weight excluding hydrogens is 236 g/mol. The number of carboxylic acid groups (broad SMARTS) is 1. The van der Waals surface area contributed by atoms with Crippen LogP contribution in [-0.4, -0.2) is 11.1 Å². The number of carbonyl (C=O) groups is 1. The van der Waals surface area contributed by atoms with Crippen molar-refractivity contribution in [3.8, 4) is 0 Å². The minimum atomic E-state index is -0.642. The molecule has 1 saturated carbocycles. The van der Waals surface area contributed by atoms with Crippen molar-refractivity contribution in [1.29, 1.82) is 0 Å². The summed E-state index contributed by atoms with van der Waals surface area (Å²) in [5, 5.41) is 10.0. The monoisotopic (exact) mass is 258 g/mol. The predicted octanol–water partition coefficient (Wildman–Crippen LogP) is 3.78. The normalized spacial score (nSPS) is 32.2. The maximum absolute atomic E-state index is 12.2. The molecule has 19 heavy (non-hydrogen) atoms. The van der Waals surface area contributed by atoms with Crippen molar-refractivity contribution in [3.05, 3.63) is 35.4 Å². The first-order valence-electron chi connectivity index (χ1n) is 7.30. The maximum Gasteiger partial charge on any atom is 0.314 e. The zero-order chi connectivity index (χ0) is 13.7. The second-order valence-electron chi connectivity index (χ2n) is 6.87. The summed E-state index contributed by atoms with van der Waals surface area (Å²) in [6.07, 6.45) is 5.00. The van der Waals surface area contributed by atoms with Crippen molar-refractivity contribution in [2.75, 3.05) is 0 Å². The van der Waals surface area contributed by atoms with Gasteiger partial charge in [0.25, 0.3) is 0 Å². The van der Waals surface area contributed by atoms with E-state index in [1.54, 1.807) is 0 Å². The van der Waals surface area contributed by atoms with Crippen molar-refractivity contribution >= 4 is 5.97 Å². The summed E-state index contributed by atoms with van der Waals surface area (Å²) < 4.78 is 0. The summed E-state index contributed by atoms with van der Waals surface area (Å²) in [5.41, 5.74) is 1.83. The molecule has 2 atom stereocenters.